The fraction of sp³-hybridized carbons (Fsp3) is 0.875. The first-order valence-electron chi connectivity index (χ1n) is 4.31. The van der Waals surface area contributed by atoms with E-state index >= 15 is 0 Å². The van der Waals surface area contributed by atoms with Gasteiger partial charge in [0.05, 0.1) is 6.04 Å². The summed E-state index contributed by atoms with van der Waals surface area (Å²) in [7, 11) is 0. The Kier molecular flexibility index (Phi) is 3.88. The molecule has 2 atom stereocenters. The number of nitrogens with one attached hydrogen (secondary N) is 1. The Morgan fingerprint density at radius 1 is 1.83 bits per heavy atom. The molecule has 1 saturated heterocycles. The molecule has 3 N–H and O–H groups in total. The summed E-state index contributed by atoms with van der Waals surface area (Å²) in [5.74, 6) is 3.04. The molecule has 1 heterocycles. The molecular formula is C8H16N2OS. The lowest BCUT2D eigenvalue weighted by Gasteiger charge is -2.11. The van der Waals surface area contributed by atoms with Crippen molar-refractivity contribution in [2.45, 2.75) is 19.4 Å². The van der Waals surface area contributed by atoms with Crippen molar-refractivity contribution in [1.29, 1.82) is 0 Å². The van der Waals surface area contributed by atoms with Crippen LogP contribution in [0.3, 0.4) is 0 Å². The minimum absolute atomic E-state index is 0.0353. The van der Waals surface area contributed by atoms with Crippen LogP contribution in [0.4, 0.5) is 0 Å². The van der Waals surface area contributed by atoms with E-state index in [9.17, 15) is 4.79 Å². The lowest BCUT2D eigenvalue weighted by atomic mass is 10.1. The lowest BCUT2D eigenvalue weighted by Crippen LogP contribution is -2.40. The maximum absolute atomic E-state index is 11.1. The number of amides is 1. The predicted octanol–water partition coefficient (Wildman–Crippen LogP) is 0.203. The Balaban J connectivity index is 2.12. The smallest absolute Gasteiger partial charge is 0.236 e. The summed E-state index contributed by atoms with van der Waals surface area (Å²) in [4.78, 5) is 11.1. The van der Waals surface area contributed by atoms with Gasteiger partial charge in [-0.3, -0.25) is 4.79 Å². The zero-order valence-corrected chi connectivity index (χ0v) is 8.19. The SMILES string of the molecule is CC(N)C(=O)NCC1CCSC1. The van der Waals surface area contributed by atoms with Crippen LogP contribution in [-0.4, -0.2) is 30.0 Å². The van der Waals surface area contributed by atoms with Gasteiger partial charge in [-0.15, -0.1) is 0 Å². The summed E-state index contributed by atoms with van der Waals surface area (Å²) in [5, 5.41) is 2.85. The fourth-order valence-electron chi connectivity index (χ4n) is 1.15. The molecule has 1 aliphatic rings. The van der Waals surface area contributed by atoms with Gasteiger partial charge in [-0.25, -0.2) is 0 Å². The van der Waals surface area contributed by atoms with Gasteiger partial charge in [-0.1, -0.05) is 0 Å². The van der Waals surface area contributed by atoms with Crippen molar-refractivity contribution in [2.75, 3.05) is 18.1 Å². The Labute approximate surface area is 77.5 Å². The highest BCUT2D eigenvalue weighted by atomic mass is 32.2. The van der Waals surface area contributed by atoms with Gasteiger partial charge in [-0.05, 0) is 30.8 Å². The largest absolute Gasteiger partial charge is 0.354 e. The molecule has 4 heteroatoms. The Morgan fingerprint density at radius 3 is 3.08 bits per heavy atom. The van der Waals surface area contributed by atoms with Gasteiger partial charge in [0, 0.05) is 6.54 Å². The molecule has 0 aromatic carbocycles. The van der Waals surface area contributed by atoms with Crippen LogP contribution in [0.5, 0.6) is 0 Å². The summed E-state index contributed by atoms with van der Waals surface area (Å²) in [6.07, 6.45) is 1.23. The van der Waals surface area contributed by atoms with Gasteiger partial charge in [-0.2, -0.15) is 11.8 Å². The quantitative estimate of drug-likeness (QED) is 0.665. The van der Waals surface area contributed by atoms with Crippen LogP contribution in [0.1, 0.15) is 13.3 Å². The standard InChI is InChI=1S/C8H16N2OS/c1-6(9)8(11)10-4-7-2-3-12-5-7/h6-7H,2-5,9H2,1H3,(H,10,11). The van der Waals surface area contributed by atoms with Crippen LogP contribution in [0.15, 0.2) is 0 Å². The lowest BCUT2D eigenvalue weighted by molar-refractivity contribution is -0.122. The van der Waals surface area contributed by atoms with Crippen LogP contribution in [0, 0.1) is 5.92 Å². The summed E-state index contributed by atoms with van der Waals surface area (Å²) in [6, 6.07) is -0.376. The zero-order valence-electron chi connectivity index (χ0n) is 7.38. The average molecular weight is 188 g/mol. The van der Waals surface area contributed by atoms with Crippen molar-refractivity contribution in [3.8, 4) is 0 Å². The molecule has 3 nitrogen and oxygen atoms in total. The molecule has 0 bridgehead atoms. The van der Waals surface area contributed by atoms with Gasteiger partial charge >= 0.3 is 0 Å². The number of nitrogens with two attached hydrogens (primary N) is 1. The minimum atomic E-state index is -0.376. The summed E-state index contributed by atoms with van der Waals surface area (Å²) >= 11 is 1.96. The highest BCUT2D eigenvalue weighted by molar-refractivity contribution is 7.99. The van der Waals surface area contributed by atoms with Crippen LogP contribution in [0.25, 0.3) is 0 Å². The molecule has 0 aromatic rings. The summed E-state index contributed by atoms with van der Waals surface area (Å²) in [6.45, 7) is 2.51. The molecule has 0 aromatic heterocycles. The molecular weight excluding hydrogens is 172 g/mol. The van der Waals surface area contributed by atoms with Crippen molar-refractivity contribution < 1.29 is 4.79 Å². The van der Waals surface area contributed by atoms with E-state index in [2.05, 4.69) is 5.32 Å². The van der Waals surface area contributed by atoms with Crippen molar-refractivity contribution in [1.82, 2.24) is 5.32 Å². The maximum atomic E-state index is 11.1. The fourth-order valence-corrected chi connectivity index (χ4v) is 2.43. The monoisotopic (exact) mass is 188 g/mol. The van der Waals surface area contributed by atoms with Crippen molar-refractivity contribution in [2.24, 2.45) is 11.7 Å². The average Bonchev–Trinajstić information content (AvgIpc) is 2.51. The first-order valence-corrected chi connectivity index (χ1v) is 5.46. The van der Waals surface area contributed by atoms with E-state index in [0.29, 0.717) is 5.92 Å². The van der Waals surface area contributed by atoms with Gasteiger partial charge in [0.15, 0.2) is 0 Å². The van der Waals surface area contributed by atoms with Gasteiger partial charge < -0.3 is 11.1 Å². The second kappa shape index (κ2) is 4.72. The molecule has 1 amide bonds. The van der Waals surface area contributed by atoms with Crippen LogP contribution >= 0.6 is 11.8 Å². The van der Waals surface area contributed by atoms with Crippen molar-refractivity contribution in [3.05, 3.63) is 0 Å². The third-order valence-corrected chi connectivity index (χ3v) is 3.23. The van der Waals surface area contributed by atoms with E-state index in [0.717, 1.165) is 6.54 Å². The van der Waals surface area contributed by atoms with Crippen LogP contribution < -0.4 is 11.1 Å². The predicted molar refractivity (Wildman–Crippen MR) is 52.1 cm³/mol. The Morgan fingerprint density at radius 2 is 2.58 bits per heavy atom. The summed E-state index contributed by atoms with van der Waals surface area (Å²) in [5.41, 5.74) is 5.40. The number of carbonyl (C=O) groups is 1. The number of carbonyl (C=O) groups excluding carboxylic acids is 1. The second-order valence-electron chi connectivity index (χ2n) is 3.26. The zero-order chi connectivity index (χ0) is 8.97. The van der Waals surface area contributed by atoms with E-state index in [1.807, 2.05) is 11.8 Å². The minimum Gasteiger partial charge on any atom is -0.354 e. The van der Waals surface area contributed by atoms with Gasteiger partial charge in [0.1, 0.15) is 0 Å². The van der Waals surface area contributed by atoms with E-state index in [1.165, 1.54) is 17.9 Å². The topological polar surface area (TPSA) is 55.1 Å². The third kappa shape index (κ3) is 3.03. The normalized spacial score (nSPS) is 25.3. The van der Waals surface area contributed by atoms with Crippen molar-refractivity contribution in [3.63, 3.8) is 0 Å². The molecule has 2 unspecified atom stereocenters. The molecule has 0 radical (unpaired) electrons. The van der Waals surface area contributed by atoms with E-state index in [4.69, 9.17) is 5.73 Å². The van der Waals surface area contributed by atoms with E-state index in [-0.39, 0.29) is 11.9 Å². The second-order valence-corrected chi connectivity index (χ2v) is 4.41. The number of rotatable bonds is 3. The number of hydrogen-bond acceptors (Lipinski definition) is 3. The molecule has 1 aliphatic heterocycles. The first-order chi connectivity index (χ1) is 5.70. The number of thioether (sulfide) groups is 1. The van der Waals surface area contributed by atoms with E-state index in [1.54, 1.807) is 6.92 Å². The highest BCUT2D eigenvalue weighted by Crippen LogP contribution is 2.22. The van der Waals surface area contributed by atoms with Gasteiger partial charge in [0.25, 0.3) is 0 Å². The molecule has 1 rings (SSSR count). The molecule has 70 valence electrons. The third-order valence-electron chi connectivity index (χ3n) is 2.00. The van der Waals surface area contributed by atoms with E-state index < -0.39 is 0 Å². The molecule has 0 saturated carbocycles. The summed E-state index contributed by atoms with van der Waals surface area (Å²) < 4.78 is 0. The number of hydrogen-bond donors (Lipinski definition) is 2. The molecule has 0 spiro atoms. The van der Waals surface area contributed by atoms with Crippen LogP contribution in [0.2, 0.25) is 0 Å². The molecule has 12 heavy (non-hydrogen) atoms. The molecule has 0 aliphatic carbocycles. The maximum Gasteiger partial charge on any atom is 0.236 e. The molecule has 1 fully saturated rings. The Bertz CT molecular complexity index is 155. The van der Waals surface area contributed by atoms with Crippen molar-refractivity contribution >= 4 is 17.7 Å². The van der Waals surface area contributed by atoms with Crippen LogP contribution in [-0.2, 0) is 4.79 Å². The Hall–Kier alpha value is -0.220. The first kappa shape index (κ1) is 9.86. The highest BCUT2D eigenvalue weighted by Gasteiger charge is 2.16. The van der Waals surface area contributed by atoms with Gasteiger partial charge in [0.2, 0.25) is 5.91 Å².